The van der Waals surface area contributed by atoms with Crippen molar-refractivity contribution in [3.05, 3.63) is 22.2 Å². The smallest absolute Gasteiger partial charge is 0.389 e. The number of ether oxygens (including phenoxy) is 1. The number of nitrogen functional groups attached to an aromatic ring is 1. The summed E-state index contributed by atoms with van der Waals surface area (Å²) in [5.74, 6) is -0.345. The van der Waals surface area contributed by atoms with Crippen LogP contribution in [0.25, 0.3) is 0 Å². The highest BCUT2D eigenvalue weighted by molar-refractivity contribution is 5.37. The molecule has 1 aliphatic rings. The normalized spacial score (nSPS) is 28.3. The van der Waals surface area contributed by atoms with Crippen LogP contribution in [-0.4, -0.2) is 56.0 Å². The lowest BCUT2D eigenvalue weighted by molar-refractivity contribution is -0.134. The van der Waals surface area contributed by atoms with E-state index in [0.29, 0.717) is 0 Å². The molecule has 1 aromatic heterocycles. The van der Waals surface area contributed by atoms with E-state index in [9.17, 15) is 28.2 Å². The van der Waals surface area contributed by atoms with Gasteiger partial charge in [0.05, 0.1) is 6.61 Å². The Kier molecular flexibility index (Phi) is 4.94. The lowest BCUT2D eigenvalue weighted by Gasteiger charge is -2.18. The van der Waals surface area contributed by atoms with Crippen molar-refractivity contribution in [3.8, 4) is 0 Å². The molecule has 0 bridgehead atoms. The Labute approximate surface area is 127 Å². The summed E-state index contributed by atoms with van der Waals surface area (Å²) in [4.78, 5) is 15.3. The molecule has 0 radical (unpaired) electrons. The van der Waals surface area contributed by atoms with Crippen molar-refractivity contribution < 1.29 is 33.2 Å². The number of aryl methyl sites for hydroxylation is 1. The Balaban J connectivity index is 2.31. The number of halogens is 3. The molecule has 2 rings (SSSR count). The quantitative estimate of drug-likeness (QED) is 0.549. The van der Waals surface area contributed by atoms with Gasteiger partial charge in [0, 0.05) is 18.2 Å². The SMILES string of the molecule is Nc1nc(=O)n([C@@H]2O[C@H](CO)[C@@H](O)[C@@H]2O)cc1CCC(F)(F)F. The lowest BCUT2D eigenvalue weighted by atomic mass is 10.1. The molecule has 0 aromatic carbocycles. The Morgan fingerprint density at radius 3 is 2.52 bits per heavy atom. The van der Waals surface area contributed by atoms with E-state index < -0.39 is 55.9 Å². The van der Waals surface area contributed by atoms with Gasteiger partial charge in [-0.05, 0) is 6.42 Å². The zero-order valence-electron chi connectivity index (χ0n) is 11.8. The molecule has 4 atom stereocenters. The van der Waals surface area contributed by atoms with Crippen molar-refractivity contribution >= 4 is 5.82 Å². The molecule has 0 spiro atoms. The summed E-state index contributed by atoms with van der Waals surface area (Å²) in [6, 6.07) is 0. The number of hydrogen-bond acceptors (Lipinski definition) is 7. The Morgan fingerprint density at radius 1 is 1.35 bits per heavy atom. The van der Waals surface area contributed by atoms with Crippen LogP contribution in [-0.2, 0) is 11.2 Å². The molecule has 0 aliphatic carbocycles. The second-order valence-corrected chi connectivity index (χ2v) is 5.19. The molecule has 2 heterocycles. The average Bonchev–Trinajstić information content (AvgIpc) is 2.73. The van der Waals surface area contributed by atoms with Crippen molar-refractivity contribution in [2.24, 2.45) is 0 Å². The standard InChI is InChI=1S/C12H16F3N3O5/c13-12(14,15)2-1-5-3-18(11(22)17-9(5)16)10-8(21)7(20)6(4-19)23-10/h3,6-8,10,19-21H,1-2,4H2,(H2,16,17,22)/t6-,7-,8+,10-/m1/s1. The first kappa shape index (κ1) is 17.7. The lowest BCUT2D eigenvalue weighted by Crippen LogP contribution is -2.36. The third-order valence-electron chi connectivity index (χ3n) is 3.53. The van der Waals surface area contributed by atoms with E-state index in [1.54, 1.807) is 0 Å². The average molecular weight is 339 g/mol. The molecule has 1 fully saturated rings. The molecule has 11 heteroatoms. The summed E-state index contributed by atoms with van der Waals surface area (Å²) < 4.78 is 42.8. The van der Waals surface area contributed by atoms with Gasteiger partial charge in [-0.1, -0.05) is 0 Å². The van der Waals surface area contributed by atoms with E-state index in [-0.39, 0.29) is 11.4 Å². The second-order valence-electron chi connectivity index (χ2n) is 5.19. The van der Waals surface area contributed by atoms with E-state index in [4.69, 9.17) is 15.6 Å². The van der Waals surface area contributed by atoms with Crippen molar-refractivity contribution in [1.82, 2.24) is 9.55 Å². The van der Waals surface area contributed by atoms with Gasteiger partial charge in [-0.2, -0.15) is 18.2 Å². The Bertz CT molecular complexity index is 621. The van der Waals surface area contributed by atoms with Crippen LogP contribution in [0.1, 0.15) is 18.2 Å². The fraction of sp³-hybridized carbons (Fsp3) is 0.667. The number of aromatic nitrogens is 2. The molecule has 8 nitrogen and oxygen atoms in total. The summed E-state index contributed by atoms with van der Waals surface area (Å²) in [7, 11) is 0. The monoisotopic (exact) mass is 339 g/mol. The molecular weight excluding hydrogens is 323 g/mol. The number of alkyl halides is 3. The van der Waals surface area contributed by atoms with Crippen LogP contribution in [0.4, 0.5) is 19.0 Å². The zero-order valence-corrected chi connectivity index (χ0v) is 11.8. The van der Waals surface area contributed by atoms with E-state index >= 15 is 0 Å². The number of nitrogens with zero attached hydrogens (tertiary/aromatic N) is 2. The Hall–Kier alpha value is -1.69. The van der Waals surface area contributed by atoms with Gasteiger partial charge < -0.3 is 25.8 Å². The molecule has 0 saturated carbocycles. The van der Waals surface area contributed by atoms with Crippen LogP contribution in [0, 0.1) is 0 Å². The summed E-state index contributed by atoms with van der Waals surface area (Å²) in [5, 5.41) is 28.6. The van der Waals surface area contributed by atoms with Gasteiger partial charge in [0.25, 0.3) is 0 Å². The number of aliphatic hydroxyl groups excluding tert-OH is 3. The minimum atomic E-state index is -4.41. The fourth-order valence-electron chi connectivity index (χ4n) is 2.28. The first-order chi connectivity index (χ1) is 10.6. The van der Waals surface area contributed by atoms with E-state index in [0.717, 1.165) is 10.8 Å². The third-order valence-corrected chi connectivity index (χ3v) is 3.53. The van der Waals surface area contributed by atoms with Crippen LogP contribution in [0.2, 0.25) is 0 Å². The molecule has 23 heavy (non-hydrogen) atoms. The maximum atomic E-state index is 12.3. The third kappa shape index (κ3) is 3.80. The van der Waals surface area contributed by atoms with Crippen LogP contribution >= 0.6 is 0 Å². The molecule has 1 saturated heterocycles. The summed E-state index contributed by atoms with van der Waals surface area (Å²) >= 11 is 0. The van der Waals surface area contributed by atoms with E-state index in [1.165, 1.54) is 0 Å². The maximum absolute atomic E-state index is 12.3. The first-order valence-electron chi connectivity index (χ1n) is 6.71. The van der Waals surface area contributed by atoms with Crippen LogP contribution in [0.5, 0.6) is 0 Å². The summed E-state index contributed by atoms with van der Waals surface area (Å²) in [5.41, 5.74) is 4.46. The number of aliphatic hydroxyl groups is 3. The summed E-state index contributed by atoms with van der Waals surface area (Å²) in [6.07, 6.45) is -10.6. The molecule has 130 valence electrons. The molecular formula is C12H16F3N3O5. The van der Waals surface area contributed by atoms with E-state index in [1.807, 2.05) is 0 Å². The molecule has 0 unspecified atom stereocenters. The predicted octanol–water partition coefficient (Wildman–Crippen LogP) is -1.07. The number of anilines is 1. The van der Waals surface area contributed by atoms with Crippen LogP contribution in [0.3, 0.4) is 0 Å². The number of hydrogen-bond donors (Lipinski definition) is 4. The minimum Gasteiger partial charge on any atom is -0.394 e. The number of nitrogens with two attached hydrogens (primary N) is 1. The molecule has 5 N–H and O–H groups in total. The van der Waals surface area contributed by atoms with Crippen molar-refractivity contribution in [2.75, 3.05) is 12.3 Å². The Morgan fingerprint density at radius 2 is 2.00 bits per heavy atom. The topological polar surface area (TPSA) is 131 Å². The highest BCUT2D eigenvalue weighted by Gasteiger charge is 2.44. The van der Waals surface area contributed by atoms with Crippen molar-refractivity contribution in [2.45, 2.75) is 43.6 Å². The second kappa shape index (κ2) is 6.43. The molecule has 0 amide bonds. The fourth-order valence-corrected chi connectivity index (χ4v) is 2.28. The maximum Gasteiger partial charge on any atom is 0.389 e. The zero-order chi connectivity index (χ0) is 17.4. The van der Waals surface area contributed by atoms with Gasteiger partial charge in [-0.3, -0.25) is 4.57 Å². The van der Waals surface area contributed by atoms with Gasteiger partial charge in [0.2, 0.25) is 0 Å². The van der Waals surface area contributed by atoms with Gasteiger partial charge in [0.15, 0.2) is 6.23 Å². The van der Waals surface area contributed by atoms with Crippen molar-refractivity contribution in [3.63, 3.8) is 0 Å². The minimum absolute atomic E-state index is 0.0420. The van der Waals surface area contributed by atoms with Gasteiger partial charge >= 0.3 is 11.9 Å². The molecule has 1 aromatic rings. The van der Waals surface area contributed by atoms with Crippen LogP contribution in [0.15, 0.2) is 11.0 Å². The highest BCUT2D eigenvalue weighted by Crippen LogP contribution is 2.29. The van der Waals surface area contributed by atoms with Crippen molar-refractivity contribution in [1.29, 1.82) is 0 Å². The summed E-state index contributed by atoms with van der Waals surface area (Å²) in [6.45, 7) is -0.604. The largest absolute Gasteiger partial charge is 0.394 e. The van der Waals surface area contributed by atoms with Gasteiger partial charge in [-0.15, -0.1) is 0 Å². The van der Waals surface area contributed by atoms with Crippen LogP contribution < -0.4 is 11.4 Å². The highest BCUT2D eigenvalue weighted by atomic mass is 19.4. The first-order valence-corrected chi connectivity index (χ1v) is 6.71. The van der Waals surface area contributed by atoms with Gasteiger partial charge in [-0.25, -0.2) is 4.79 Å². The predicted molar refractivity (Wildman–Crippen MR) is 70.3 cm³/mol. The van der Waals surface area contributed by atoms with E-state index in [2.05, 4.69) is 4.98 Å². The van der Waals surface area contributed by atoms with Gasteiger partial charge in [0.1, 0.15) is 24.1 Å². The molecule has 1 aliphatic heterocycles. The number of rotatable bonds is 4.